The highest BCUT2D eigenvalue weighted by atomic mass is 15.1. The van der Waals surface area contributed by atoms with Gasteiger partial charge in [-0.2, -0.15) is 0 Å². The lowest BCUT2D eigenvalue weighted by molar-refractivity contribution is 1.28. The highest BCUT2D eigenvalue weighted by molar-refractivity contribution is 6.67. The van der Waals surface area contributed by atoms with Gasteiger partial charge in [0.2, 0.25) is 0 Å². The molecular weight excluding hydrogens is 619 g/mol. The molecule has 52 heavy (non-hydrogen) atoms. The van der Waals surface area contributed by atoms with E-state index in [1.165, 1.54) is 71.6 Å². The molecule has 0 spiro atoms. The summed E-state index contributed by atoms with van der Waals surface area (Å²) in [6.45, 7) is 0. The quantitative estimate of drug-likeness (QED) is 0.175. The maximum absolute atomic E-state index is 2.42. The number of benzene rings is 7. The summed E-state index contributed by atoms with van der Waals surface area (Å²) in [7, 11) is 18.5. The van der Waals surface area contributed by atoms with Crippen LogP contribution in [0.3, 0.4) is 0 Å². The van der Waals surface area contributed by atoms with E-state index in [2.05, 4.69) is 218 Å². The molecule has 2 nitrogen and oxygen atoms in total. The van der Waals surface area contributed by atoms with E-state index in [1.54, 1.807) is 0 Å². The topological polar surface area (TPSA) is 6.48 Å². The molecule has 0 N–H and O–H groups in total. The summed E-state index contributed by atoms with van der Waals surface area (Å²) in [5.41, 5.74) is 23.0. The normalized spacial score (nSPS) is 10.9. The predicted octanol–water partition coefficient (Wildman–Crippen LogP) is -1.97. The summed E-state index contributed by atoms with van der Waals surface area (Å²) in [5.74, 6) is 0. The van der Waals surface area contributed by atoms with E-state index in [0.717, 1.165) is 28.4 Å². The minimum atomic E-state index is 1.14. The van der Waals surface area contributed by atoms with Gasteiger partial charge in [-0.1, -0.05) is 129 Å². The predicted molar refractivity (Wildman–Crippen MR) is 252 cm³/mol. The molecular formula is C42H40B8N2. The number of hydrogen-bond acceptors (Lipinski definition) is 2. The van der Waals surface area contributed by atoms with Gasteiger partial charge in [0.1, 0.15) is 62.8 Å². The SMILES string of the molecule is Bc1c(B)c(-c2c(B)c(B)c(N(c3ccccc3)c3ccccc3)c(B)c2B)c(B)c(B)c1-c1ccc(N(c2ccccc2)c2ccccc2)cc1. The fourth-order valence-corrected chi connectivity index (χ4v) is 8.06. The molecule has 0 aliphatic rings. The van der Waals surface area contributed by atoms with E-state index in [-0.39, 0.29) is 0 Å². The van der Waals surface area contributed by atoms with Crippen LogP contribution in [0.5, 0.6) is 0 Å². The van der Waals surface area contributed by atoms with Crippen molar-refractivity contribution in [2.24, 2.45) is 0 Å². The lowest BCUT2D eigenvalue weighted by Gasteiger charge is -2.33. The van der Waals surface area contributed by atoms with Crippen molar-refractivity contribution < 1.29 is 0 Å². The third-order valence-electron chi connectivity index (χ3n) is 11.2. The first-order valence-electron chi connectivity index (χ1n) is 18.3. The summed E-state index contributed by atoms with van der Waals surface area (Å²) in [4.78, 5) is 4.74. The van der Waals surface area contributed by atoms with E-state index < -0.39 is 0 Å². The molecule has 0 bridgehead atoms. The Balaban J connectivity index is 1.34. The lowest BCUT2D eigenvalue weighted by atomic mass is 9.58. The van der Waals surface area contributed by atoms with Crippen molar-refractivity contribution in [1.82, 2.24) is 0 Å². The Bertz CT molecular complexity index is 2240. The van der Waals surface area contributed by atoms with Crippen LogP contribution in [-0.2, 0) is 0 Å². The van der Waals surface area contributed by atoms with Crippen LogP contribution in [0.15, 0.2) is 146 Å². The van der Waals surface area contributed by atoms with Crippen LogP contribution in [0.2, 0.25) is 0 Å². The van der Waals surface area contributed by atoms with Crippen LogP contribution < -0.4 is 53.5 Å². The molecule has 0 aliphatic heterocycles. The van der Waals surface area contributed by atoms with Crippen LogP contribution in [0.25, 0.3) is 22.3 Å². The molecule has 10 heteroatoms. The van der Waals surface area contributed by atoms with Gasteiger partial charge in [-0.25, -0.2) is 0 Å². The van der Waals surface area contributed by atoms with Crippen LogP contribution in [-0.4, -0.2) is 62.8 Å². The van der Waals surface area contributed by atoms with Gasteiger partial charge in [0, 0.05) is 34.1 Å². The molecule has 0 radical (unpaired) electrons. The lowest BCUT2D eigenvalue weighted by Crippen LogP contribution is -2.51. The van der Waals surface area contributed by atoms with Crippen molar-refractivity contribution in [1.29, 1.82) is 0 Å². The monoisotopic (exact) mass is 660 g/mol. The zero-order valence-corrected chi connectivity index (χ0v) is 31.8. The van der Waals surface area contributed by atoms with E-state index >= 15 is 0 Å². The highest BCUT2D eigenvalue weighted by Gasteiger charge is 2.25. The molecule has 242 valence electrons. The average Bonchev–Trinajstić information content (AvgIpc) is 3.18. The molecule has 0 saturated heterocycles. The van der Waals surface area contributed by atoms with Crippen LogP contribution in [0.4, 0.5) is 34.1 Å². The Morgan fingerprint density at radius 2 is 0.519 bits per heavy atom. The highest BCUT2D eigenvalue weighted by Crippen LogP contribution is 2.35. The van der Waals surface area contributed by atoms with Crippen molar-refractivity contribution >= 4 is 141 Å². The summed E-state index contributed by atoms with van der Waals surface area (Å²) >= 11 is 0. The molecule has 0 unspecified atom stereocenters. The van der Waals surface area contributed by atoms with Gasteiger partial charge >= 0.3 is 0 Å². The molecule has 0 aromatic heterocycles. The molecule has 7 aromatic carbocycles. The second-order valence-electron chi connectivity index (χ2n) is 14.0. The van der Waals surface area contributed by atoms with Crippen molar-refractivity contribution in [2.75, 3.05) is 9.80 Å². The Kier molecular flexibility index (Phi) is 9.93. The standard InChI is InChI=1S/C42H40B8N2/c43-34-31(25-21-23-30(24-22-25)51(26-13-5-1-6-14-26)27-15-7-2-8-16-27)35(44)37(46)32(36(34)45)33-38(47)40(49)42(41(50)39(33)48)52(28-17-9-3-10-18-28)29-19-11-4-12-20-29/h1-24H,43-50H2. The van der Waals surface area contributed by atoms with E-state index in [1.807, 2.05) is 0 Å². The van der Waals surface area contributed by atoms with Gasteiger partial charge < -0.3 is 9.80 Å². The second-order valence-corrected chi connectivity index (χ2v) is 14.0. The molecule has 0 atom stereocenters. The van der Waals surface area contributed by atoms with Gasteiger partial charge in [0.05, 0.1) is 0 Å². The molecule has 7 aromatic rings. The largest absolute Gasteiger partial charge is 0.312 e. The number of rotatable bonds is 8. The van der Waals surface area contributed by atoms with Crippen LogP contribution in [0, 0.1) is 0 Å². The Hall–Kier alpha value is -5.34. The zero-order chi connectivity index (χ0) is 36.5. The first kappa shape index (κ1) is 35.1. The third-order valence-corrected chi connectivity index (χ3v) is 11.2. The summed E-state index contributed by atoms with van der Waals surface area (Å²) in [6, 6.07) is 51.8. The fourth-order valence-electron chi connectivity index (χ4n) is 8.06. The number of hydrogen-bond donors (Lipinski definition) is 0. The maximum atomic E-state index is 2.42. The summed E-state index contributed by atoms with van der Waals surface area (Å²) < 4.78 is 0. The average molecular weight is 659 g/mol. The Morgan fingerprint density at radius 3 is 0.865 bits per heavy atom. The van der Waals surface area contributed by atoms with Gasteiger partial charge in [-0.15, -0.1) is 0 Å². The number of para-hydroxylation sites is 4. The fraction of sp³-hybridized carbons (Fsp3) is 0. The second kappa shape index (κ2) is 14.7. The van der Waals surface area contributed by atoms with Crippen LogP contribution in [0.1, 0.15) is 0 Å². The molecule has 0 aliphatic carbocycles. The van der Waals surface area contributed by atoms with Gasteiger partial charge in [-0.05, 0) is 82.9 Å². The smallest absolute Gasteiger partial charge is 0.141 e. The zero-order valence-electron chi connectivity index (χ0n) is 31.8. The number of anilines is 6. The maximum Gasteiger partial charge on any atom is 0.141 e. The van der Waals surface area contributed by atoms with Crippen molar-refractivity contribution in [3.63, 3.8) is 0 Å². The van der Waals surface area contributed by atoms with Gasteiger partial charge in [-0.3, -0.25) is 0 Å². The van der Waals surface area contributed by atoms with Gasteiger partial charge in [0.25, 0.3) is 0 Å². The molecule has 7 rings (SSSR count). The summed E-state index contributed by atoms with van der Waals surface area (Å²) in [5, 5.41) is 0. The van der Waals surface area contributed by atoms with E-state index in [4.69, 9.17) is 0 Å². The van der Waals surface area contributed by atoms with Crippen molar-refractivity contribution in [2.45, 2.75) is 0 Å². The summed E-state index contributed by atoms with van der Waals surface area (Å²) in [6.07, 6.45) is 0. The Morgan fingerprint density at radius 1 is 0.250 bits per heavy atom. The first-order valence-corrected chi connectivity index (χ1v) is 18.3. The third kappa shape index (κ3) is 6.26. The molecule has 0 saturated carbocycles. The minimum absolute atomic E-state index is 1.14. The molecule has 0 heterocycles. The van der Waals surface area contributed by atoms with E-state index in [9.17, 15) is 0 Å². The molecule has 0 fully saturated rings. The van der Waals surface area contributed by atoms with Crippen molar-refractivity contribution in [3.05, 3.63) is 146 Å². The van der Waals surface area contributed by atoms with Crippen LogP contribution >= 0.6 is 0 Å². The minimum Gasteiger partial charge on any atom is -0.312 e. The number of nitrogens with zero attached hydrogens (tertiary/aromatic N) is 2. The van der Waals surface area contributed by atoms with Crippen molar-refractivity contribution in [3.8, 4) is 22.3 Å². The Labute approximate surface area is 317 Å². The molecule has 0 amide bonds. The first-order chi connectivity index (χ1) is 25.2. The van der Waals surface area contributed by atoms with Gasteiger partial charge in [0.15, 0.2) is 0 Å². The van der Waals surface area contributed by atoms with E-state index in [0.29, 0.717) is 0 Å².